The van der Waals surface area contributed by atoms with Crippen LogP contribution in [-0.4, -0.2) is 15.1 Å². The van der Waals surface area contributed by atoms with E-state index in [2.05, 4.69) is 9.97 Å². The minimum Gasteiger partial charge on any atom is -0.388 e. The van der Waals surface area contributed by atoms with Gasteiger partial charge >= 0.3 is 0 Å². The Kier molecular flexibility index (Phi) is 1.91. The number of aromatic nitrogens is 2. The maximum absolute atomic E-state index is 12.4. The van der Waals surface area contributed by atoms with Gasteiger partial charge in [0, 0.05) is 0 Å². The van der Waals surface area contributed by atoms with Gasteiger partial charge in [0.15, 0.2) is 11.6 Å². The molecule has 1 heterocycles. The van der Waals surface area contributed by atoms with Crippen LogP contribution in [0.5, 0.6) is 0 Å². The van der Waals surface area contributed by atoms with E-state index in [0.29, 0.717) is 0 Å². The zero-order valence-corrected chi connectivity index (χ0v) is 5.50. The van der Waals surface area contributed by atoms with Crippen molar-refractivity contribution in [3.63, 3.8) is 0 Å². The molecule has 3 nitrogen and oxygen atoms in total. The summed E-state index contributed by atoms with van der Waals surface area (Å²) in [5.74, 6) is -0.198. The molecule has 0 saturated heterocycles. The molecule has 0 aliphatic carbocycles. The second-order valence-corrected chi connectivity index (χ2v) is 1.88. The maximum atomic E-state index is 12.4. The van der Waals surface area contributed by atoms with E-state index in [1.807, 2.05) is 0 Å². The fourth-order valence-corrected chi connectivity index (χ4v) is 0.577. The minimum atomic E-state index is -0.447. The van der Waals surface area contributed by atoms with Crippen LogP contribution < -0.4 is 0 Å². The molecule has 1 aromatic heterocycles. The lowest BCUT2D eigenvalue weighted by molar-refractivity contribution is 0.270. The second-order valence-electron chi connectivity index (χ2n) is 1.88. The number of nitrogens with zero attached hydrogens (tertiary/aromatic N) is 2. The smallest absolute Gasteiger partial charge is 0.162 e. The molecule has 0 fully saturated rings. The molecule has 10 heavy (non-hydrogen) atoms. The van der Waals surface area contributed by atoms with E-state index in [1.54, 1.807) is 0 Å². The van der Waals surface area contributed by atoms with Crippen molar-refractivity contribution in [1.29, 1.82) is 0 Å². The van der Waals surface area contributed by atoms with Crippen molar-refractivity contribution in [2.45, 2.75) is 13.5 Å². The number of aliphatic hydroxyl groups is 1. The monoisotopic (exact) mass is 142 g/mol. The fourth-order valence-electron chi connectivity index (χ4n) is 0.577. The summed E-state index contributed by atoms with van der Waals surface area (Å²) in [6.07, 6.45) is 1.05. The SMILES string of the molecule is Cc1nc(CO)ncc1F. The van der Waals surface area contributed by atoms with Crippen molar-refractivity contribution in [3.8, 4) is 0 Å². The van der Waals surface area contributed by atoms with Gasteiger partial charge in [-0.1, -0.05) is 0 Å². The van der Waals surface area contributed by atoms with Crippen LogP contribution in [0.25, 0.3) is 0 Å². The highest BCUT2D eigenvalue weighted by Crippen LogP contribution is 1.99. The predicted octanol–water partition coefficient (Wildman–Crippen LogP) is 0.416. The Morgan fingerprint density at radius 1 is 1.70 bits per heavy atom. The molecule has 54 valence electrons. The number of hydrogen-bond acceptors (Lipinski definition) is 3. The average molecular weight is 142 g/mol. The van der Waals surface area contributed by atoms with Crippen LogP contribution in [0.1, 0.15) is 11.5 Å². The topological polar surface area (TPSA) is 46.0 Å². The molecule has 1 rings (SSSR count). The molecule has 0 bridgehead atoms. The first-order chi connectivity index (χ1) is 4.74. The van der Waals surface area contributed by atoms with Gasteiger partial charge in [-0.25, -0.2) is 14.4 Å². The van der Waals surface area contributed by atoms with Crippen molar-refractivity contribution < 1.29 is 9.50 Å². The van der Waals surface area contributed by atoms with Crippen molar-refractivity contribution in [2.75, 3.05) is 0 Å². The van der Waals surface area contributed by atoms with Crippen LogP contribution in [0.15, 0.2) is 6.20 Å². The summed E-state index contributed by atoms with van der Waals surface area (Å²) in [5, 5.41) is 8.51. The number of rotatable bonds is 1. The summed E-state index contributed by atoms with van der Waals surface area (Å²) in [6.45, 7) is 1.28. The van der Waals surface area contributed by atoms with Crippen molar-refractivity contribution in [2.24, 2.45) is 0 Å². The quantitative estimate of drug-likeness (QED) is 0.618. The van der Waals surface area contributed by atoms with E-state index in [4.69, 9.17) is 5.11 Å². The molecule has 0 radical (unpaired) electrons. The van der Waals surface area contributed by atoms with Crippen LogP contribution >= 0.6 is 0 Å². The third-order valence-corrected chi connectivity index (χ3v) is 1.11. The van der Waals surface area contributed by atoms with Crippen molar-refractivity contribution >= 4 is 0 Å². The first kappa shape index (κ1) is 7.08. The van der Waals surface area contributed by atoms with Crippen molar-refractivity contribution in [1.82, 2.24) is 9.97 Å². The van der Waals surface area contributed by atoms with Crippen molar-refractivity contribution in [3.05, 3.63) is 23.5 Å². The van der Waals surface area contributed by atoms with Gasteiger partial charge in [0.2, 0.25) is 0 Å². The van der Waals surface area contributed by atoms with Gasteiger partial charge in [-0.05, 0) is 6.92 Å². The van der Waals surface area contributed by atoms with E-state index in [-0.39, 0.29) is 18.1 Å². The molecule has 0 unspecified atom stereocenters. The molecular weight excluding hydrogens is 135 g/mol. The van der Waals surface area contributed by atoms with Gasteiger partial charge in [-0.2, -0.15) is 0 Å². The van der Waals surface area contributed by atoms with Gasteiger partial charge in [-0.3, -0.25) is 0 Å². The predicted molar refractivity (Wildman–Crippen MR) is 32.6 cm³/mol. The summed E-state index contributed by atoms with van der Waals surface area (Å²) >= 11 is 0. The molecule has 0 atom stereocenters. The Bertz CT molecular complexity index is 239. The zero-order valence-electron chi connectivity index (χ0n) is 5.50. The van der Waals surface area contributed by atoms with E-state index < -0.39 is 5.82 Å². The Labute approximate surface area is 57.6 Å². The van der Waals surface area contributed by atoms with Crippen LogP contribution in [-0.2, 0) is 6.61 Å². The molecule has 0 aliphatic heterocycles. The first-order valence-electron chi connectivity index (χ1n) is 2.83. The van der Waals surface area contributed by atoms with Crippen LogP contribution in [0.3, 0.4) is 0 Å². The van der Waals surface area contributed by atoms with Gasteiger partial charge < -0.3 is 5.11 Å². The molecule has 0 spiro atoms. The normalized spacial score (nSPS) is 9.90. The fraction of sp³-hybridized carbons (Fsp3) is 0.333. The second kappa shape index (κ2) is 2.70. The number of aliphatic hydroxyl groups excluding tert-OH is 1. The van der Waals surface area contributed by atoms with E-state index in [9.17, 15) is 4.39 Å². The lowest BCUT2D eigenvalue weighted by atomic mass is 10.4. The molecular formula is C6H7FN2O. The third-order valence-electron chi connectivity index (χ3n) is 1.11. The Morgan fingerprint density at radius 3 is 2.90 bits per heavy atom. The highest BCUT2D eigenvalue weighted by Gasteiger charge is 1.99. The highest BCUT2D eigenvalue weighted by atomic mass is 19.1. The Balaban J connectivity index is 3.04. The molecule has 0 amide bonds. The van der Waals surface area contributed by atoms with Crippen LogP contribution in [0, 0.1) is 12.7 Å². The standard InChI is InChI=1S/C6H7FN2O/c1-4-5(7)2-8-6(3-10)9-4/h2,10H,3H2,1H3. The molecule has 1 aromatic rings. The van der Waals surface area contributed by atoms with Crippen LogP contribution in [0.4, 0.5) is 4.39 Å². The largest absolute Gasteiger partial charge is 0.388 e. The average Bonchev–Trinajstić information content (AvgIpc) is 1.95. The maximum Gasteiger partial charge on any atom is 0.162 e. The van der Waals surface area contributed by atoms with Gasteiger partial charge in [0.1, 0.15) is 6.61 Å². The number of hydrogen-bond donors (Lipinski definition) is 1. The number of aryl methyl sites for hydroxylation is 1. The third kappa shape index (κ3) is 1.27. The van der Waals surface area contributed by atoms with Gasteiger partial charge in [-0.15, -0.1) is 0 Å². The Hall–Kier alpha value is -1.03. The Morgan fingerprint density at radius 2 is 2.40 bits per heavy atom. The van der Waals surface area contributed by atoms with Gasteiger partial charge in [0.25, 0.3) is 0 Å². The van der Waals surface area contributed by atoms with E-state index in [0.717, 1.165) is 6.20 Å². The number of halogens is 1. The summed E-state index contributed by atoms with van der Waals surface area (Å²) in [7, 11) is 0. The summed E-state index contributed by atoms with van der Waals surface area (Å²) in [6, 6.07) is 0. The molecule has 4 heteroatoms. The minimum absolute atomic E-state index is 0.249. The lowest BCUT2D eigenvalue weighted by Crippen LogP contribution is -1.98. The van der Waals surface area contributed by atoms with E-state index >= 15 is 0 Å². The molecule has 1 N–H and O–H groups in total. The zero-order chi connectivity index (χ0) is 7.56. The molecule has 0 aliphatic rings. The summed E-state index contributed by atoms with van der Waals surface area (Å²) in [4.78, 5) is 7.18. The lowest BCUT2D eigenvalue weighted by Gasteiger charge is -1.95. The summed E-state index contributed by atoms with van der Waals surface area (Å²) in [5.41, 5.74) is 0.263. The first-order valence-corrected chi connectivity index (χ1v) is 2.83. The molecule has 0 aromatic carbocycles. The van der Waals surface area contributed by atoms with E-state index in [1.165, 1.54) is 6.92 Å². The van der Waals surface area contributed by atoms with Crippen LogP contribution in [0.2, 0.25) is 0 Å². The summed E-state index contributed by atoms with van der Waals surface area (Å²) < 4.78 is 12.4. The highest BCUT2D eigenvalue weighted by molar-refractivity contribution is 5.02. The van der Waals surface area contributed by atoms with Gasteiger partial charge in [0.05, 0.1) is 11.9 Å². The molecule has 0 saturated carbocycles.